The lowest BCUT2D eigenvalue weighted by atomic mass is 9.84. The molecule has 0 unspecified atom stereocenters. The topological polar surface area (TPSA) is 124 Å². The number of esters is 1. The van der Waals surface area contributed by atoms with E-state index in [2.05, 4.69) is 16.0 Å². The van der Waals surface area contributed by atoms with Gasteiger partial charge in [-0.3, -0.25) is 19.3 Å². The molecule has 3 aromatic heterocycles. The van der Waals surface area contributed by atoms with Gasteiger partial charge in [-0.15, -0.1) is 11.3 Å². The van der Waals surface area contributed by atoms with Crippen LogP contribution in [-0.4, -0.2) is 26.6 Å². The van der Waals surface area contributed by atoms with E-state index in [1.165, 1.54) is 4.57 Å². The maximum Gasteiger partial charge on any atom is 0.338 e. The van der Waals surface area contributed by atoms with Crippen LogP contribution in [0.2, 0.25) is 0 Å². The average Bonchev–Trinajstić information content (AvgIpc) is 3.10. The summed E-state index contributed by atoms with van der Waals surface area (Å²) in [6.45, 7) is 3.47. The zero-order valence-corrected chi connectivity index (χ0v) is 18.2. The van der Waals surface area contributed by atoms with Crippen molar-refractivity contribution in [1.29, 1.82) is 5.26 Å². The van der Waals surface area contributed by atoms with Gasteiger partial charge in [-0.05, 0) is 43.2 Å². The first kappa shape index (κ1) is 21.2. The Morgan fingerprint density at radius 1 is 1.28 bits per heavy atom. The van der Waals surface area contributed by atoms with Crippen molar-refractivity contribution in [2.24, 2.45) is 5.73 Å². The molecule has 1 aliphatic rings. The Bertz CT molecular complexity index is 1430. The van der Waals surface area contributed by atoms with Crippen molar-refractivity contribution in [3.8, 4) is 6.07 Å². The number of pyridine rings is 2. The molecule has 1 atom stereocenters. The lowest BCUT2D eigenvalue weighted by Gasteiger charge is -2.25. The highest BCUT2D eigenvalue weighted by Crippen LogP contribution is 2.36. The van der Waals surface area contributed by atoms with Crippen LogP contribution in [0.1, 0.15) is 30.9 Å². The summed E-state index contributed by atoms with van der Waals surface area (Å²) in [7, 11) is 0. The second-order valence-electron chi connectivity index (χ2n) is 7.34. The first-order chi connectivity index (χ1) is 15.4. The van der Waals surface area contributed by atoms with E-state index in [0.717, 1.165) is 16.9 Å². The number of carbonyl (C=O) groups is 1. The van der Waals surface area contributed by atoms with E-state index in [1.54, 1.807) is 62.9 Å². The fraction of sp³-hybridized carbons (Fsp3) is 0.174. The molecule has 4 rings (SSSR count). The van der Waals surface area contributed by atoms with Gasteiger partial charge in [-0.2, -0.15) is 5.26 Å². The molecule has 3 aromatic rings. The van der Waals surface area contributed by atoms with Crippen LogP contribution in [0.5, 0.6) is 0 Å². The van der Waals surface area contributed by atoms with Gasteiger partial charge in [0.2, 0.25) is 0 Å². The minimum Gasteiger partial charge on any atom is -0.460 e. The standard InChI is InChI=1S/C23H19N5O3S/c1-13(2)31-23(30)19-18(15-6-4-8-27-12-15)16(10-24)20(25)28-21(29)17(32-22(19)28)9-14-5-3-7-26-11-14/h3-9,11-13,18H,25H2,1-2H3/t18-/m1/s1. The molecule has 0 aliphatic carbocycles. The first-order valence-corrected chi connectivity index (χ1v) is 10.6. The van der Waals surface area contributed by atoms with Gasteiger partial charge in [0.25, 0.3) is 5.56 Å². The zero-order valence-electron chi connectivity index (χ0n) is 17.4. The van der Waals surface area contributed by atoms with Gasteiger partial charge >= 0.3 is 5.97 Å². The number of aromatic nitrogens is 3. The van der Waals surface area contributed by atoms with Crippen LogP contribution in [0.25, 0.3) is 17.5 Å². The lowest BCUT2D eigenvalue weighted by Crippen LogP contribution is -2.40. The molecule has 160 valence electrons. The number of nitrogens with two attached hydrogens (primary N) is 1. The molecular weight excluding hydrogens is 426 g/mol. The number of fused-ring (bicyclic) bond motifs is 1. The molecule has 2 N–H and O–H groups in total. The molecule has 8 nitrogen and oxygen atoms in total. The van der Waals surface area contributed by atoms with E-state index in [0.29, 0.717) is 14.8 Å². The summed E-state index contributed by atoms with van der Waals surface area (Å²) in [6.07, 6.45) is 7.71. The van der Waals surface area contributed by atoms with Gasteiger partial charge in [0.1, 0.15) is 10.5 Å². The van der Waals surface area contributed by atoms with E-state index in [1.807, 2.05) is 6.07 Å². The van der Waals surface area contributed by atoms with E-state index in [4.69, 9.17) is 10.5 Å². The highest BCUT2D eigenvalue weighted by molar-refractivity contribution is 7.07. The quantitative estimate of drug-likeness (QED) is 0.596. The smallest absolute Gasteiger partial charge is 0.338 e. The van der Waals surface area contributed by atoms with Crippen LogP contribution in [0.3, 0.4) is 0 Å². The Morgan fingerprint density at radius 2 is 2.00 bits per heavy atom. The minimum atomic E-state index is -0.802. The number of carbonyl (C=O) groups excluding carboxylic acids is 1. The van der Waals surface area contributed by atoms with Gasteiger partial charge in [-0.25, -0.2) is 4.79 Å². The number of allylic oxidation sites excluding steroid dienone is 1. The Balaban J connectivity index is 2.10. The Labute approximate surface area is 187 Å². The number of ether oxygens (including phenoxy) is 1. The number of hydrogen-bond donors (Lipinski definition) is 1. The van der Waals surface area contributed by atoms with E-state index in [-0.39, 0.29) is 23.1 Å². The number of nitriles is 1. The molecule has 32 heavy (non-hydrogen) atoms. The predicted octanol–water partition coefficient (Wildman–Crippen LogP) is 1.08. The second kappa shape index (κ2) is 8.61. The highest BCUT2D eigenvalue weighted by Gasteiger charge is 2.36. The lowest BCUT2D eigenvalue weighted by molar-refractivity contribution is -0.140. The molecule has 1 aliphatic heterocycles. The van der Waals surface area contributed by atoms with E-state index >= 15 is 0 Å². The monoisotopic (exact) mass is 445 g/mol. The number of rotatable bonds is 4. The Hall–Kier alpha value is -4.03. The van der Waals surface area contributed by atoms with Gasteiger partial charge in [0.15, 0.2) is 0 Å². The third-order valence-electron chi connectivity index (χ3n) is 4.83. The molecule has 0 amide bonds. The minimum absolute atomic E-state index is 0.00969. The second-order valence-corrected chi connectivity index (χ2v) is 8.37. The fourth-order valence-electron chi connectivity index (χ4n) is 3.51. The van der Waals surface area contributed by atoms with Gasteiger partial charge < -0.3 is 10.5 Å². The number of hydrogen-bond acceptors (Lipinski definition) is 8. The van der Waals surface area contributed by atoms with Crippen molar-refractivity contribution in [2.75, 3.05) is 0 Å². The molecule has 0 saturated carbocycles. The van der Waals surface area contributed by atoms with Crippen LogP contribution in [-0.2, 0) is 9.53 Å². The summed E-state index contributed by atoms with van der Waals surface area (Å²) in [5.74, 6) is -1.43. The van der Waals surface area contributed by atoms with Gasteiger partial charge in [0.05, 0.1) is 33.8 Å². The van der Waals surface area contributed by atoms with Crippen molar-refractivity contribution in [1.82, 2.24) is 14.5 Å². The van der Waals surface area contributed by atoms with Crippen LogP contribution in [0.4, 0.5) is 0 Å². The van der Waals surface area contributed by atoms with Crippen molar-refractivity contribution < 1.29 is 9.53 Å². The maximum atomic E-state index is 13.2. The van der Waals surface area contributed by atoms with Crippen molar-refractivity contribution in [3.63, 3.8) is 0 Å². The van der Waals surface area contributed by atoms with Crippen molar-refractivity contribution in [2.45, 2.75) is 25.9 Å². The number of thiazole rings is 1. The average molecular weight is 446 g/mol. The normalized spacial score (nSPS) is 16.1. The SMILES string of the molecule is CC(C)OC(=O)C1=c2sc(=Cc3cccnc3)c(=O)n2C(N)=C(C#N)[C@H]1c1cccnc1. The van der Waals surface area contributed by atoms with Gasteiger partial charge in [0, 0.05) is 24.8 Å². The molecule has 0 saturated heterocycles. The maximum absolute atomic E-state index is 13.2. The van der Waals surface area contributed by atoms with Crippen molar-refractivity contribution >= 4 is 34.8 Å². The van der Waals surface area contributed by atoms with E-state index < -0.39 is 17.4 Å². The fourth-order valence-corrected chi connectivity index (χ4v) is 4.68. The molecule has 4 heterocycles. The van der Waals surface area contributed by atoms with Crippen LogP contribution in [0.15, 0.2) is 59.4 Å². The number of nitrogens with zero attached hydrogens (tertiary/aromatic N) is 4. The molecule has 0 aromatic carbocycles. The molecule has 9 heteroatoms. The summed E-state index contributed by atoms with van der Waals surface area (Å²) in [4.78, 5) is 34.7. The largest absolute Gasteiger partial charge is 0.460 e. The Kier molecular flexibility index (Phi) is 5.71. The van der Waals surface area contributed by atoms with Gasteiger partial charge in [-0.1, -0.05) is 12.1 Å². The highest BCUT2D eigenvalue weighted by atomic mass is 32.1. The molecule has 0 fully saturated rings. The van der Waals surface area contributed by atoms with Crippen molar-refractivity contribution in [3.05, 3.63) is 85.3 Å². The summed E-state index contributed by atoms with van der Waals surface area (Å²) < 4.78 is 7.40. The first-order valence-electron chi connectivity index (χ1n) is 9.81. The third-order valence-corrected chi connectivity index (χ3v) is 5.94. The summed E-state index contributed by atoms with van der Waals surface area (Å²) in [5.41, 5.74) is 7.50. The molecular formula is C23H19N5O3S. The summed E-state index contributed by atoms with van der Waals surface area (Å²) in [6, 6.07) is 9.13. The van der Waals surface area contributed by atoms with Crippen LogP contribution in [0, 0.1) is 11.3 Å². The Morgan fingerprint density at radius 3 is 2.59 bits per heavy atom. The zero-order chi connectivity index (χ0) is 22.8. The third kappa shape index (κ3) is 3.72. The molecule has 0 bridgehead atoms. The molecule has 0 spiro atoms. The summed E-state index contributed by atoms with van der Waals surface area (Å²) in [5, 5.41) is 9.93. The summed E-state index contributed by atoms with van der Waals surface area (Å²) >= 11 is 1.12. The predicted molar refractivity (Wildman–Crippen MR) is 120 cm³/mol. The molecule has 0 radical (unpaired) electrons. The van der Waals surface area contributed by atoms with E-state index in [9.17, 15) is 14.9 Å². The van der Waals surface area contributed by atoms with Crippen LogP contribution >= 0.6 is 11.3 Å². The van der Waals surface area contributed by atoms with Crippen LogP contribution < -0.4 is 20.5 Å².